The maximum atomic E-state index is 12.5. The summed E-state index contributed by atoms with van der Waals surface area (Å²) >= 11 is 18.1. The molecular weight excluding hydrogens is 495 g/mol. The number of carbonyl (C=O) groups excluding carboxylic acids is 1. The van der Waals surface area contributed by atoms with Crippen LogP contribution in [-0.2, 0) is 6.61 Å². The summed E-state index contributed by atoms with van der Waals surface area (Å²) in [6.07, 6.45) is 0. The van der Waals surface area contributed by atoms with Crippen LogP contribution in [0.1, 0.15) is 28.5 Å². The second-order valence-electron chi connectivity index (χ2n) is 7.34. The molecule has 172 valence electrons. The molecule has 0 saturated carbocycles. The van der Waals surface area contributed by atoms with Gasteiger partial charge in [-0.2, -0.15) is 10.2 Å². The number of nitrogens with zero attached hydrogens (tertiary/aromatic N) is 2. The SMILES string of the molecule is C/C(=N\NC(=O)c1cc(-c2ccc(OCc3ccccc3Cl)cc2)n[nH]1)c1ccc(Cl)c(Cl)c1. The van der Waals surface area contributed by atoms with E-state index in [1.807, 2.05) is 48.5 Å². The van der Waals surface area contributed by atoms with Crippen LogP contribution in [0.3, 0.4) is 0 Å². The minimum atomic E-state index is -0.419. The largest absolute Gasteiger partial charge is 0.489 e. The van der Waals surface area contributed by atoms with Gasteiger partial charge in [-0.25, -0.2) is 5.43 Å². The van der Waals surface area contributed by atoms with Crippen LogP contribution in [0.2, 0.25) is 15.1 Å². The molecule has 0 fully saturated rings. The van der Waals surface area contributed by atoms with Crippen molar-refractivity contribution in [3.8, 4) is 17.0 Å². The molecule has 0 spiro atoms. The van der Waals surface area contributed by atoms with Crippen LogP contribution >= 0.6 is 34.8 Å². The lowest BCUT2D eigenvalue weighted by Crippen LogP contribution is -2.19. The van der Waals surface area contributed by atoms with Gasteiger partial charge in [0.15, 0.2) is 0 Å². The van der Waals surface area contributed by atoms with Crippen molar-refractivity contribution in [1.82, 2.24) is 15.6 Å². The molecule has 0 radical (unpaired) electrons. The normalized spacial score (nSPS) is 11.4. The van der Waals surface area contributed by atoms with Crippen molar-refractivity contribution in [1.29, 1.82) is 0 Å². The molecule has 2 N–H and O–H groups in total. The smallest absolute Gasteiger partial charge is 0.289 e. The van der Waals surface area contributed by atoms with Crippen LogP contribution in [0, 0.1) is 0 Å². The van der Waals surface area contributed by atoms with Gasteiger partial charge < -0.3 is 4.74 Å². The molecule has 1 aromatic heterocycles. The molecule has 1 amide bonds. The van der Waals surface area contributed by atoms with E-state index in [1.54, 1.807) is 31.2 Å². The Morgan fingerprint density at radius 3 is 2.47 bits per heavy atom. The molecule has 0 aliphatic heterocycles. The summed E-state index contributed by atoms with van der Waals surface area (Å²) in [5.41, 5.74) is 6.48. The van der Waals surface area contributed by atoms with Crippen LogP contribution in [0.15, 0.2) is 77.9 Å². The third-order valence-electron chi connectivity index (χ3n) is 4.99. The molecule has 0 bridgehead atoms. The molecule has 3 aromatic carbocycles. The Balaban J connectivity index is 1.38. The number of hydrazone groups is 1. The van der Waals surface area contributed by atoms with Gasteiger partial charge in [0, 0.05) is 16.1 Å². The summed E-state index contributed by atoms with van der Waals surface area (Å²) in [6, 6.07) is 21.7. The van der Waals surface area contributed by atoms with Gasteiger partial charge in [0.05, 0.1) is 21.5 Å². The highest BCUT2D eigenvalue weighted by Gasteiger charge is 2.12. The zero-order chi connectivity index (χ0) is 24.1. The van der Waals surface area contributed by atoms with E-state index in [4.69, 9.17) is 39.5 Å². The molecule has 0 saturated heterocycles. The van der Waals surface area contributed by atoms with Crippen molar-refractivity contribution in [2.75, 3.05) is 0 Å². The van der Waals surface area contributed by atoms with Gasteiger partial charge in [0.25, 0.3) is 5.91 Å². The third kappa shape index (κ3) is 5.78. The fourth-order valence-corrected chi connectivity index (χ4v) is 3.55. The van der Waals surface area contributed by atoms with Crippen molar-refractivity contribution in [2.24, 2.45) is 5.10 Å². The number of halogens is 3. The second kappa shape index (κ2) is 10.7. The first-order valence-electron chi connectivity index (χ1n) is 10.2. The van der Waals surface area contributed by atoms with Crippen LogP contribution in [0.4, 0.5) is 0 Å². The molecule has 34 heavy (non-hydrogen) atoms. The number of benzene rings is 3. The zero-order valence-corrected chi connectivity index (χ0v) is 20.2. The zero-order valence-electron chi connectivity index (χ0n) is 18.0. The molecule has 0 aliphatic carbocycles. The monoisotopic (exact) mass is 512 g/mol. The van der Waals surface area contributed by atoms with E-state index in [2.05, 4.69) is 20.7 Å². The Labute approximate surface area is 211 Å². The maximum Gasteiger partial charge on any atom is 0.289 e. The minimum absolute atomic E-state index is 0.278. The fourth-order valence-electron chi connectivity index (χ4n) is 3.06. The predicted octanol–water partition coefficient (Wildman–Crippen LogP) is 6.77. The van der Waals surface area contributed by atoms with Gasteiger partial charge in [0.2, 0.25) is 0 Å². The number of ether oxygens (including phenoxy) is 1. The first-order valence-corrected chi connectivity index (χ1v) is 11.4. The molecular formula is C25H19Cl3N4O2. The molecule has 0 aliphatic rings. The van der Waals surface area contributed by atoms with Gasteiger partial charge in [-0.3, -0.25) is 9.89 Å². The van der Waals surface area contributed by atoms with Crippen LogP contribution in [0.5, 0.6) is 5.75 Å². The van der Waals surface area contributed by atoms with E-state index in [0.717, 1.165) is 16.7 Å². The first-order chi connectivity index (χ1) is 16.4. The average molecular weight is 514 g/mol. The number of nitrogens with one attached hydrogen (secondary N) is 2. The van der Waals surface area contributed by atoms with E-state index in [9.17, 15) is 4.79 Å². The number of rotatable bonds is 7. The Bertz CT molecular complexity index is 1350. The van der Waals surface area contributed by atoms with E-state index in [-0.39, 0.29) is 5.69 Å². The van der Waals surface area contributed by atoms with Crippen LogP contribution < -0.4 is 10.2 Å². The number of aromatic amines is 1. The van der Waals surface area contributed by atoms with Gasteiger partial charge in [-0.05, 0) is 61.0 Å². The third-order valence-corrected chi connectivity index (χ3v) is 6.10. The van der Waals surface area contributed by atoms with E-state index >= 15 is 0 Å². The highest BCUT2D eigenvalue weighted by molar-refractivity contribution is 6.42. The molecule has 9 heteroatoms. The Kier molecular flexibility index (Phi) is 7.53. The number of carbonyl (C=O) groups is 1. The maximum absolute atomic E-state index is 12.5. The molecule has 4 rings (SSSR count). The van der Waals surface area contributed by atoms with Gasteiger partial charge in [-0.15, -0.1) is 0 Å². The molecule has 1 heterocycles. The highest BCUT2D eigenvalue weighted by atomic mass is 35.5. The van der Waals surface area contributed by atoms with Gasteiger partial charge in [0.1, 0.15) is 18.1 Å². The van der Waals surface area contributed by atoms with Crippen molar-refractivity contribution < 1.29 is 9.53 Å². The summed E-state index contributed by atoms with van der Waals surface area (Å²) in [4.78, 5) is 12.5. The molecule has 0 atom stereocenters. The van der Waals surface area contributed by atoms with Gasteiger partial charge >= 0.3 is 0 Å². The Hall–Kier alpha value is -3.32. The lowest BCUT2D eigenvalue weighted by molar-refractivity contribution is 0.0950. The number of amides is 1. The van der Waals surface area contributed by atoms with Crippen LogP contribution in [0.25, 0.3) is 11.3 Å². The van der Waals surface area contributed by atoms with Crippen molar-refractivity contribution in [3.05, 3.63) is 105 Å². The first kappa shape index (κ1) is 23.8. The number of H-pyrrole nitrogens is 1. The lowest BCUT2D eigenvalue weighted by atomic mass is 10.1. The summed E-state index contributed by atoms with van der Waals surface area (Å²) in [5.74, 6) is 0.280. The number of hydrogen-bond acceptors (Lipinski definition) is 4. The highest BCUT2D eigenvalue weighted by Crippen LogP contribution is 2.24. The quantitative estimate of drug-likeness (QED) is 0.211. The number of aromatic nitrogens is 2. The lowest BCUT2D eigenvalue weighted by Gasteiger charge is -2.08. The minimum Gasteiger partial charge on any atom is -0.489 e. The Morgan fingerprint density at radius 1 is 0.971 bits per heavy atom. The predicted molar refractivity (Wildman–Crippen MR) is 136 cm³/mol. The fraction of sp³-hybridized carbons (Fsp3) is 0.0800. The molecule has 6 nitrogen and oxygen atoms in total. The standard InChI is InChI=1S/C25H19Cl3N4O2/c1-15(17-8-11-21(27)22(28)12-17)29-32-25(33)24-13-23(30-31-24)16-6-9-19(10-7-16)34-14-18-4-2-3-5-20(18)26/h2-13H,14H2,1H3,(H,30,31)(H,32,33)/b29-15+. The summed E-state index contributed by atoms with van der Waals surface area (Å²) in [7, 11) is 0. The summed E-state index contributed by atoms with van der Waals surface area (Å²) < 4.78 is 5.80. The topological polar surface area (TPSA) is 79.4 Å². The molecule has 4 aromatic rings. The van der Waals surface area contributed by atoms with E-state index < -0.39 is 5.91 Å². The molecule has 0 unspecified atom stereocenters. The average Bonchev–Trinajstić information content (AvgIpc) is 3.34. The Morgan fingerprint density at radius 2 is 1.74 bits per heavy atom. The van der Waals surface area contributed by atoms with E-state index in [0.29, 0.717) is 38.8 Å². The second-order valence-corrected chi connectivity index (χ2v) is 8.56. The van der Waals surface area contributed by atoms with Crippen molar-refractivity contribution in [3.63, 3.8) is 0 Å². The van der Waals surface area contributed by atoms with Crippen molar-refractivity contribution in [2.45, 2.75) is 13.5 Å². The van der Waals surface area contributed by atoms with Crippen molar-refractivity contribution >= 4 is 46.4 Å². The summed E-state index contributed by atoms with van der Waals surface area (Å²) in [5, 5.41) is 12.6. The van der Waals surface area contributed by atoms with Crippen LogP contribution in [-0.4, -0.2) is 21.8 Å². The van der Waals surface area contributed by atoms with E-state index in [1.165, 1.54) is 0 Å². The number of hydrogen-bond donors (Lipinski definition) is 2. The summed E-state index contributed by atoms with van der Waals surface area (Å²) in [6.45, 7) is 2.13. The van der Waals surface area contributed by atoms with Gasteiger partial charge in [-0.1, -0.05) is 59.1 Å².